The normalized spacial score (nSPS) is 12.7. The van der Waals surface area contributed by atoms with Crippen LogP contribution in [0.3, 0.4) is 0 Å². The maximum atomic E-state index is 6.49. The molecule has 15 heavy (non-hydrogen) atoms. The Morgan fingerprint density at radius 3 is 2.27 bits per heavy atom. The Morgan fingerprint density at radius 2 is 1.73 bits per heavy atom. The van der Waals surface area contributed by atoms with Crippen molar-refractivity contribution in [3.8, 4) is 0 Å². The van der Waals surface area contributed by atoms with Gasteiger partial charge in [0.15, 0.2) is 0 Å². The molecule has 0 fully saturated rings. The van der Waals surface area contributed by atoms with Gasteiger partial charge in [-0.3, -0.25) is 0 Å². The smallest absolute Gasteiger partial charge is 0.0932 e. The minimum Gasteiger partial charge on any atom is -0.147 e. The molecule has 1 aromatic heterocycles. The van der Waals surface area contributed by atoms with Gasteiger partial charge in [0.05, 0.1) is 5.38 Å². The summed E-state index contributed by atoms with van der Waals surface area (Å²) < 4.78 is 0. The fourth-order valence-corrected chi connectivity index (χ4v) is 3.08. The lowest BCUT2D eigenvalue weighted by Crippen LogP contribution is -1.97. The van der Waals surface area contributed by atoms with Crippen LogP contribution in [-0.4, -0.2) is 0 Å². The minimum absolute atomic E-state index is 0.00815. The number of hydrogen-bond acceptors (Lipinski definition) is 1. The lowest BCUT2D eigenvalue weighted by molar-refractivity contribution is 1.11. The van der Waals surface area contributed by atoms with Crippen molar-refractivity contribution in [2.75, 3.05) is 0 Å². The molecular weight excluding hydrogens is 224 g/mol. The summed E-state index contributed by atoms with van der Waals surface area (Å²) in [6, 6.07) is 10.4. The summed E-state index contributed by atoms with van der Waals surface area (Å²) in [4.78, 5) is 1.22. The summed E-state index contributed by atoms with van der Waals surface area (Å²) in [5.41, 5.74) is 3.79. The molecule has 2 heteroatoms. The van der Waals surface area contributed by atoms with Gasteiger partial charge < -0.3 is 0 Å². The van der Waals surface area contributed by atoms with Gasteiger partial charge in [-0.1, -0.05) is 24.3 Å². The molecule has 2 aromatic rings. The Morgan fingerprint density at radius 1 is 1.07 bits per heavy atom. The van der Waals surface area contributed by atoms with Crippen molar-refractivity contribution in [1.82, 2.24) is 0 Å². The Labute approximate surface area is 99.5 Å². The molecule has 0 amide bonds. The zero-order valence-electron chi connectivity index (χ0n) is 8.83. The summed E-state index contributed by atoms with van der Waals surface area (Å²) >= 11 is 8.21. The first-order valence-electron chi connectivity index (χ1n) is 4.93. The summed E-state index contributed by atoms with van der Waals surface area (Å²) in [6.07, 6.45) is 0. The molecule has 0 radical (unpaired) electrons. The molecule has 1 unspecified atom stereocenters. The largest absolute Gasteiger partial charge is 0.147 e. The van der Waals surface area contributed by atoms with Crippen LogP contribution in [0.2, 0.25) is 0 Å². The predicted octanol–water partition coefficient (Wildman–Crippen LogP) is 4.69. The number of rotatable bonds is 2. The molecular formula is C13H13ClS. The lowest BCUT2D eigenvalue weighted by Gasteiger charge is -2.14. The molecule has 1 aromatic carbocycles. The SMILES string of the molecule is Cc1cccc(C)c1C(Cl)c1cccs1. The highest BCUT2D eigenvalue weighted by Crippen LogP contribution is 2.35. The van der Waals surface area contributed by atoms with Gasteiger partial charge in [0.2, 0.25) is 0 Å². The molecule has 0 aliphatic carbocycles. The number of hydrogen-bond donors (Lipinski definition) is 0. The van der Waals surface area contributed by atoms with Gasteiger partial charge in [-0.15, -0.1) is 22.9 Å². The third kappa shape index (κ3) is 2.09. The second-order valence-corrected chi connectivity index (χ2v) is 5.10. The van der Waals surface area contributed by atoms with Gasteiger partial charge >= 0.3 is 0 Å². The van der Waals surface area contributed by atoms with E-state index in [0.717, 1.165) is 0 Å². The van der Waals surface area contributed by atoms with Crippen LogP contribution in [0.15, 0.2) is 35.7 Å². The summed E-state index contributed by atoms with van der Waals surface area (Å²) in [7, 11) is 0. The van der Waals surface area contributed by atoms with Crippen LogP contribution in [0.1, 0.15) is 26.9 Å². The zero-order chi connectivity index (χ0) is 10.8. The molecule has 1 heterocycles. The molecule has 0 spiro atoms. The predicted molar refractivity (Wildman–Crippen MR) is 67.9 cm³/mol. The van der Waals surface area contributed by atoms with Crippen LogP contribution in [0.5, 0.6) is 0 Å². The van der Waals surface area contributed by atoms with Crippen molar-refractivity contribution in [2.45, 2.75) is 19.2 Å². The maximum absolute atomic E-state index is 6.49. The van der Waals surface area contributed by atoms with Gasteiger partial charge in [-0.25, -0.2) is 0 Å². The first-order chi connectivity index (χ1) is 7.20. The van der Waals surface area contributed by atoms with Gasteiger partial charge in [-0.05, 0) is 42.0 Å². The fraction of sp³-hybridized carbons (Fsp3) is 0.231. The highest BCUT2D eigenvalue weighted by molar-refractivity contribution is 7.10. The average Bonchev–Trinajstić information content (AvgIpc) is 2.69. The average molecular weight is 237 g/mol. The van der Waals surface area contributed by atoms with E-state index in [1.54, 1.807) is 11.3 Å². The first kappa shape index (κ1) is 10.7. The van der Waals surface area contributed by atoms with Crippen molar-refractivity contribution < 1.29 is 0 Å². The highest BCUT2D eigenvalue weighted by atomic mass is 35.5. The molecule has 0 N–H and O–H groups in total. The Kier molecular flexibility index (Phi) is 3.13. The Hall–Kier alpha value is -0.790. The maximum Gasteiger partial charge on any atom is 0.0932 e. The summed E-state index contributed by atoms with van der Waals surface area (Å²) in [5.74, 6) is 0. The number of alkyl halides is 1. The van der Waals surface area contributed by atoms with E-state index >= 15 is 0 Å². The van der Waals surface area contributed by atoms with Crippen LogP contribution < -0.4 is 0 Å². The molecule has 78 valence electrons. The molecule has 0 aliphatic heterocycles. The second-order valence-electron chi connectivity index (χ2n) is 3.68. The minimum atomic E-state index is -0.00815. The van der Waals surface area contributed by atoms with Gasteiger partial charge in [0.1, 0.15) is 0 Å². The van der Waals surface area contributed by atoms with Gasteiger partial charge in [-0.2, -0.15) is 0 Å². The van der Waals surface area contributed by atoms with Crippen molar-refractivity contribution >= 4 is 22.9 Å². The molecule has 0 aliphatic rings. The van der Waals surface area contributed by atoms with Crippen LogP contribution in [0, 0.1) is 13.8 Å². The molecule has 0 nitrogen and oxygen atoms in total. The standard InChI is InChI=1S/C13H13ClS/c1-9-5-3-6-10(2)12(9)13(14)11-7-4-8-15-11/h3-8,13H,1-2H3. The number of aryl methyl sites for hydroxylation is 2. The van der Waals surface area contributed by atoms with Crippen molar-refractivity contribution in [1.29, 1.82) is 0 Å². The van der Waals surface area contributed by atoms with Crippen molar-refractivity contribution in [2.24, 2.45) is 0 Å². The molecule has 0 bridgehead atoms. The monoisotopic (exact) mass is 236 g/mol. The number of benzene rings is 1. The number of thiophene rings is 1. The van der Waals surface area contributed by atoms with E-state index in [1.165, 1.54) is 21.6 Å². The van der Waals surface area contributed by atoms with E-state index < -0.39 is 0 Å². The lowest BCUT2D eigenvalue weighted by atomic mass is 9.99. The third-order valence-corrected chi connectivity index (χ3v) is 4.11. The van der Waals surface area contributed by atoms with Crippen molar-refractivity contribution in [3.05, 3.63) is 57.3 Å². The molecule has 0 saturated heterocycles. The summed E-state index contributed by atoms with van der Waals surface area (Å²) in [6.45, 7) is 4.23. The van der Waals surface area contributed by atoms with Crippen molar-refractivity contribution in [3.63, 3.8) is 0 Å². The van der Waals surface area contributed by atoms with Crippen LogP contribution in [0.4, 0.5) is 0 Å². The topological polar surface area (TPSA) is 0 Å². The van der Waals surface area contributed by atoms with E-state index in [1.807, 2.05) is 6.07 Å². The summed E-state index contributed by atoms with van der Waals surface area (Å²) in [5, 5.41) is 2.06. The first-order valence-corrected chi connectivity index (χ1v) is 6.25. The Balaban J connectivity index is 2.46. The third-order valence-electron chi connectivity index (χ3n) is 2.59. The zero-order valence-corrected chi connectivity index (χ0v) is 10.4. The van der Waals surface area contributed by atoms with E-state index in [-0.39, 0.29) is 5.38 Å². The fourth-order valence-electron chi connectivity index (χ4n) is 1.80. The van der Waals surface area contributed by atoms with Gasteiger partial charge in [0, 0.05) is 4.88 Å². The highest BCUT2D eigenvalue weighted by Gasteiger charge is 2.15. The molecule has 1 atom stereocenters. The van der Waals surface area contributed by atoms with E-state index in [0.29, 0.717) is 0 Å². The molecule has 0 saturated carbocycles. The van der Waals surface area contributed by atoms with E-state index in [9.17, 15) is 0 Å². The van der Waals surface area contributed by atoms with E-state index in [4.69, 9.17) is 11.6 Å². The Bertz CT molecular complexity index is 425. The quantitative estimate of drug-likeness (QED) is 0.664. The van der Waals surface area contributed by atoms with Gasteiger partial charge in [0.25, 0.3) is 0 Å². The van der Waals surface area contributed by atoms with E-state index in [2.05, 4.69) is 43.5 Å². The second kappa shape index (κ2) is 4.38. The molecule has 2 rings (SSSR count). The van der Waals surface area contributed by atoms with Crippen LogP contribution in [0.25, 0.3) is 0 Å². The van der Waals surface area contributed by atoms with Crippen LogP contribution in [-0.2, 0) is 0 Å². The van der Waals surface area contributed by atoms with Crippen LogP contribution >= 0.6 is 22.9 Å². The number of halogens is 1.